The molecule has 1 heterocycles. The number of alkyl carbamates (subject to hydrolysis) is 1. The molecule has 2 rings (SSSR count). The second-order valence-electron chi connectivity index (χ2n) is 3.83. The first-order valence-electron chi connectivity index (χ1n) is 4.87. The van der Waals surface area contributed by atoms with E-state index in [1.165, 1.54) is 0 Å². The van der Waals surface area contributed by atoms with Crippen LogP contribution in [0, 0.1) is 6.92 Å². The van der Waals surface area contributed by atoms with Gasteiger partial charge in [-0.3, -0.25) is 0 Å². The number of alkyl halides is 2. The predicted octanol–water partition coefficient (Wildman–Crippen LogP) is 2.83. The minimum absolute atomic E-state index is 0. The Kier molecular flexibility index (Phi) is 3.93. The van der Waals surface area contributed by atoms with Crippen LogP contribution in [0.25, 0.3) is 0 Å². The fraction of sp³-hybridized carbons (Fsp3) is 0.364. The summed E-state index contributed by atoms with van der Waals surface area (Å²) in [5.41, 5.74) is 1.36. The Hall–Kier alpha value is -1.36. The summed E-state index contributed by atoms with van der Waals surface area (Å²) in [6, 6.07) is 5.31. The Bertz CT molecular complexity index is 408. The summed E-state index contributed by atoms with van der Waals surface area (Å²) in [5.74, 6) is -3.08. The molecule has 0 radical (unpaired) electrons. The number of carbonyl (C=O) groups is 1. The van der Waals surface area contributed by atoms with E-state index in [4.69, 9.17) is 0 Å². The number of hydrogen-bond acceptors (Lipinski definition) is 2. The van der Waals surface area contributed by atoms with Crippen LogP contribution in [-0.2, 0) is 4.74 Å². The van der Waals surface area contributed by atoms with Crippen LogP contribution in [0.2, 0.25) is 0 Å². The van der Waals surface area contributed by atoms with E-state index in [0.29, 0.717) is 5.56 Å². The fourth-order valence-corrected chi connectivity index (χ4v) is 1.60. The molecule has 1 aliphatic rings. The second kappa shape index (κ2) is 4.87. The van der Waals surface area contributed by atoms with Crippen LogP contribution in [-0.4, -0.2) is 18.6 Å². The number of ether oxygens (including phenoxy) is 1. The zero-order valence-electron chi connectivity index (χ0n) is 9.07. The molecule has 0 unspecified atom stereocenters. The van der Waals surface area contributed by atoms with Crippen molar-refractivity contribution in [1.82, 2.24) is 5.32 Å². The Balaban J connectivity index is 0.00000144. The molecule has 0 aromatic heterocycles. The van der Waals surface area contributed by atoms with Gasteiger partial charge in [-0.2, -0.15) is 0 Å². The van der Waals surface area contributed by atoms with Crippen LogP contribution >= 0.6 is 12.4 Å². The van der Waals surface area contributed by atoms with Crippen molar-refractivity contribution >= 4 is 18.5 Å². The van der Waals surface area contributed by atoms with Crippen molar-refractivity contribution in [2.24, 2.45) is 0 Å². The van der Waals surface area contributed by atoms with E-state index < -0.39 is 24.7 Å². The Morgan fingerprint density at radius 1 is 1.35 bits per heavy atom. The first-order valence-corrected chi connectivity index (χ1v) is 4.87. The quantitative estimate of drug-likeness (QED) is 0.846. The van der Waals surface area contributed by atoms with E-state index in [2.05, 4.69) is 10.1 Å². The lowest BCUT2D eigenvalue weighted by molar-refractivity contribution is -0.104. The van der Waals surface area contributed by atoms with Crippen molar-refractivity contribution in [2.75, 3.05) is 6.61 Å². The topological polar surface area (TPSA) is 38.3 Å². The molecule has 1 amide bonds. The maximum atomic E-state index is 13.5. The average molecular weight is 264 g/mol. The third kappa shape index (κ3) is 2.85. The van der Waals surface area contributed by atoms with Gasteiger partial charge in [0.15, 0.2) is 6.61 Å². The van der Waals surface area contributed by atoms with Crippen LogP contribution in [0.5, 0.6) is 0 Å². The van der Waals surface area contributed by atoms with Crippen molar-refractivity contribution < 1.29 is 18.3 Å². The SMILES string of the molecule is Cc1ccc([C@H]2NC(=O)OCC2(F)F)cc1.Cl. The van der Waals surface area contributed by atoms with Crippen molar-refractivity contribution in [2.45, 2.75) is 18.9 Å². The molecule has 1 fully saturated rings. The highest BCUT2D eigenvalue weighted by Gasteiger charge is 2.46. The molecule has 0 saturated carbocycles. The van der Waals surface area contributed by atoms with E-state index in [1.807, 2.05) is 6.92 Å². The summed E-state index contributed by atoms with van der Waals surface area (Å²) in [7, 11) is 0. The molecule has 0 aliphatic carbocycles. The molecule has 1 N–H and O–H groups in total. The Labute approximate surface area is 104 Å². The first kappa shape index (κ1) is 13.7. The van der Waals surface area contributed by atoms with Crippen molar-refractivity contribution in [3.8, 4) is 0 Å². The van der Waals surface area contributed by atoms with E-state index in [1.54, 1.807) is 24.3 Å². The Morgan fingerprint density at radius 2 is 1.94 bits per heavy atom. The van der Waals surface area contributed by atoms with Crippen molar-refractivity contribution in [1.29, 1.82) is 0 Å². The smallest absolute Gasteiger partial charge is 0.408 e. The number of aryl methyl sites for hydroxylation is 1. The van der Waals surface area contributed by atoms with E-state index >= 15 is 0 Å². The largest absolute Gasteiger partial charge is 0.443 e. The number of halogens is 3. The highest BCUT2D eigenvalue weighted by atomic mass is 35.5. The number of carbonyl (C=O) groups excluding carboxylic acids is 1. The molecular formula is C11H12ClF2NO2. The maximum Gasteiger partial charge on any atom is 0.408 e. The van der Waals surface area contributed by atoms with Crippen molar-refractivity contribution in [3.05, 3.63) is 35.4 Å². The van der Waals surface area contributed by atoms with E-state index in [0.717, 1.165) is 5.56 Å². The van der Waals surface area contributed by atoms with E-state index in [9.17, 15) is 13.6 Å². The zero-order chi connectivity index (χ0) is 11.8. The summed E-state index contributed by atoms with van der Waals surface area (Å²) >= 11 is 0. The summed E-state index contributed by atoms with van der Waals surface area (Å²) in [6.07, 6.45) is -0.809. The molecule has 1 saturated heterocycles. The lowest BCUT2D eigenvalue weighted by Gasteiger charge is -2.31. The third-order valence-corrected chi connectivity index (χ3v) is 2.49. The van der Waals surface area contributed by atoms with Crippen LogP contribution < -0.4 is 5.32 Å². The van der Waals surface area contributed by atoms with Gasteiger partial charge in [-0.05, 0) is 12.5 Å². The average Bonchev–Trinajstić information content (AvgIpc) is 2.23. The lowest BCUT2D eigenvalue weighted by Crippen LogP contribution is -2.49. The molecule has 1 aromatic rings. The van der Waals surface area contributed by atoms with Gasteiger partial charge in [0.05, 0.1) is 0 Å². The number of amides is 1. The third-order valence-electron chi connectivity index (χ3n) is 2.49. The van der Waals surface area contributed by atoms with Crippen LogP contribution in [0.15, 0.2) is 24.3 Å². The Morgan fingerprint density at radius 3 is 2.53 bits per heavy atom. The minimum atomic E-state index is -3.08. The normalized spacial score (nSPS) is 22.1. The molecule has 6 heteroatoms. The summed E-state index contributed by atoms with van der Waals surface area (Å²) < 4.78 is 31.2. The van der Waals surface area contributed by atoms with Gasteiger partial charge in [-0.15, -0.1) is 12.4 Å². The van der Waals surface area contributed by atoms with Crippen molar-refractivity contribution in [3.63, 3.8) is 0 Å². The highest BCUT2D eigenvalue weighted by Crippen LogP contribution is 2.34. The number of hydrogen-bond donors (Lipinski definition) is 1. The molecule has 1 aliphatic heterocycles. The van der Waals surface area contributed by atoms with Gasteiger partial charge in [0.25, 0.3) is 0 Å². The van der Waals surface area contributed by atoms with Gasteiger partial charge in [-0.25, -0.2) is 13.6 Å². The molecule has 3 nitrogen and oxygen atoms in total. The van der Waals surface area contributed by atoms with Gasteiger partial charge in [-0.1, -0.05) is 29.8 Å². The molecule has 94 valence electrons. The molecule has 0 bridgehead atoms. The standard InChI is InChI=1S/C11H11F2NO2.ClH/c1-7-2-4-8(5-3-7)9-11(12,13)6-16-10(15)14-9;/h2-5,9H,6H2,1H3,(H,14,15);1H/t9-;/m1./s1. The molecule has 17 heavy (non-hydrogen) atoms. The van der Waals surface area contributed by atoms with Crippen LogP contribution in [0.3, 0.4) is 0 Å². The molecule has 1 aromatic carbocycles. The minimum Gasteiger partial charge on any atom is -0.443 e. The van der Waals surface area contributed by atoms with E-state index in [-0.39, 0.29) is 12.4 Å². The molecular weight excluding hydrogens is 252 g/mol. The maximum absolute atomic E-state index is 13.5. The monoisotopic (exact) mass is 263 g/mol. The number of benzene rings is 1. The van der Waals surface area contributed by atoms with Gasteiger partial charge >= 0.3 is 12.0 Å². The second-order valence-corrected chi connectivity index (χ2v) is 3.83. The van der Waals surface area contributed by atoms with Gasteiger partial charge in [0.1, 0.15) is 6.04 Å². The molecule has 1 atom stereocenters. The summed E-state index contributed by atoms with van der Waals surface area (Å²) in [4.78, 5) is 10.9. The van der Waals surface area contributed by atoms with Gasteiger partial charge in [0.2, 0.25) is 0 Å². The van der Waals surface area contributed by atoms with Crippen LogP contribution in [0.4, 0.5) is 13.6 Å². The number of rotatable bonds is 1. The summed E-state index contributed by atoms with van der Waals surface area (Å²) in [5, 5.41) is 2.13. The van der Waals surface area contributed by atoms with Crippen LogP contribution in [0.1, 0.15) is 17.2 Å². The number of nitrogens with one attached hydrogen (secondary N) is 1. The first-order chi connectivity index (χ1) is 7.49. The summed E-state index contributed by atoms with van der Waals surface area (Å²) in [6.45, 7) is 0.988. The molecule has 0 spiro atoms. The predicted molar refractivity (Wildman–Crippen MR) is 60.6 cm³/mol. The van der Waals surface area contributed by atoms with Gasteiger partial charge < -0.3 is 10.1 Å². The van der Waals surface area contributed by atoms with Gasteiger partial charge in [0, 0.05) is 0 Å². The lowest BCUT2D eigenvalue weighted by atomic mass is 9.99. The fourth-order valence-electron chi connectivity index (χ4n) is 1.60. The highest BCUT2D eigenvalue weighted by molar-refractivity contribution is 5.85. The number of cyclic esters (lactones) is 1. The zero-order valence-corrected chi connectivity index (χ0v) is 9.89.